The fourth-order valence-corrected chi connectivity index (χ4v) is 2.91. The molecule has 0 spiro atoms. The number of aryl methyl sites for hydroxylation is 2. The van der Waals surface area contributed by atoms with Gasteiger partial charge in [0.1, 0.15) is 5.60 Å². The molecule has 0 radical (unpaired) electrons. The summed E-state index contributed by atoms with van der Waals surface area (Å²) in [5, 5.41) is 8.39. The average molecular weight is 374 g/mol. The van der Waals surface area contributed by atoms with E-state index in [-0.39, 0.29) is 6.09 Å². The molecule has 1 aromatic heterocycles. The molecule has 1 heterocycles. The number of carbonyl (C=O) groups is 2. The number of hydrogen-bond donors (Lipinski definition) is 2. The summed E-state index contributed by atoms with van der Waals surface area (Å²) in [7, 11) is 0. The van der Waals surface area contributed by atoms with Crippen LogP contribution in [0.4, 0.5) is 4.79 Å². The summed E-state index contributed by atoms with van der Waals surface area (Å²) in [6.45, 7) is 8.90. The molecule has 7 nitrogen and oxygen atoms in total. The highest BCUT2D eigenvalue weighted by molar-refractivity contribution is 5.97. The molecule has 2 aromatic rings. The zero-order valence-electron chi connectivity index (χ0n) is 16.7. The Kier molecular flexibility index (Phi) is 6.82. The van der Waals surface area contributed by atoms with E-state index in [1.165, 1.54) is 0 Å². The quantitative estimate of drug-likeness (QED) is 0.690. The van der Waals surface area contributed by atoms with Crippen molar-refractivity contribution in [2.75, 3.05) is 6.54 Å². The third kappa shape index (κ3) is 6.27. The summed E-state index contributed by atoms with van der Waals surface area (Å²) in [4.78, 5) is 23.0. The van der Waals surface area contributed by atoms with E-state index in [1.807, 2.05) is 44.5 Å². The van der Waals surface area contributed by atoms with Gasteiger partial charge in [-0.15, -0.1) is 0 Å². The number of primary amides is 1. The second-order valence-electron chi connectivity index (χ2n) is 7.75. The van der Waals surface area contributed by atoms with Gasteiger partial charge in [-0.1, -0.05) is 18.9 Å². The molecule has 3 N–H and O–H groups in total. The van der Waals surface area contributed by atoms with Crippen molar-refractivity contribution < 1.29 is 14.3 Å². The number of aromatic nitrogens is 2. The number of nitrogens with one attached hydrogen (secondary N) is 1. The molecule has 7 heteroatoms. The first-order valence-corrected chi connectivity index (χ1v) is 9.41. The Balaban J connectivity index is 1.75. The molecule has 0 aliphatic carbocycles. The summed E-state index contributed by atoms with van der Waals surface area (Å²) < 4.78 is 7.14. The smallest absolute Gasteiger partial charge is 0.407 e. The normalized spacial score (nSPS) is 11.6. The second-order valence-corrected chi connectivity index (χ2v) is 7.75. The molecule has 0 bridgehead atoms. The van der Waals surface area contributed by atoms with Crippen molar-refractivity contribution in [3.05, 3.63) is 29.5 Å². The van der Waals surface area contributed by atoms with Crippen molar-refractivity contribution in [2.24, 2.45) is 5.73 Å². The molecule has 27 heavy (non-hydrogen) atoms. The Morgan fingerprint density at radius 2 is 1.89 bits per heavy atom. The van der Waals surface area contributed by atoms with Gasteiger partial charge in [0.15, 0.2) is 0 Å². The van der Waals surface area contributed by atoms with Crippen LogP contribution in [0.25, 0.3) is 10.9 Å². The topological polar surface area (TPSA) is 99.2 Å². The molecule has 0 unspecified atom stereocenters. The number of benzene rings is 1. The van der Waals surface area contributed by atoms with Crippen molar-refractivity contribution >= 4 is 22.9 Å². The fraction of sp³-hybridized carbons (Fsp3) is 0.550. The number of nitrogens with zero attached hydrogens (tertiary/aromatic N) is 2. The van der Waals surface area contributed by atoms with Crippen molar-refractivity contribution in [3.8, 4) is 0 Å². The molecule has 2 amide bonds. The zero-order valence-corrected chi connectivity index (χ0v) is 16.7. The summed E-state index contributed by atoms with van der Waals surface area (Å²) in [6.07, 6.45) is 3.56. The number of alkyl carbamates (subject to hydrolysis) is 1. The van der Waals surface area contributed by atoms with Crippen LogP contribution in [0.1, 0.15) is 62.5 Å². The van der Waals surface area contributed by atoms with E-state index in [9.17, 15) is 9.59 Å². The molecule has 0 atom stereocenters. The van der Waals surface area contributed by atoms with Gasteiger partial charge in [-0.05, 0) is 52.7 Å². The predicted molar refractivity (Wildman–Crippen MR) is 106 cm³/mol. The maximum atomic E-state index is 11.6. The molecule has 0 aliphatic rings. The number of carbonyl (C=O) groups excluding carboxylic acids is 2. The van der Waals surface area contributed by atoms with Crippen LogP contribution < -0.4 is 11.1 Å². The predicted octanol–water partition coefficient (Wildman–Crippen LogP) is 3.53. The molecular formula is C20H30N4O3. The van der Waals surface area contributed by atoms with Gasteiger partial charge in [-0.3, -0.25) is 9.48 Å². The largest absolute Gasteiger partial charge is 0.444 e. The molecule has 148 valence electrons. The minimum absolute atomic E-state index is 0.369. The molecule has 1 aromatic carbocycles. The highest BCUT2D eigenvalue weighted by Gasteiger charge is 2.15. The highest BCUT2D eigenvalue weighted by atomic mass is 16.6. The van der Waals surface area contributed by atoms with Crippen molar-refractivity contribution in [1.82, 2.24) is 15.1 Å². The fourth-order valence-electron chi connectivity index (χ4n) is 2.91. The lowest BCUT2D eigenvalue weighted by Crippen LogP contribution is -2.32. The van der Waals surface area contributed by atoms with Gasteiger partial charge in [0.25, 0.3) is 0 Å². The van der Waals surface area contributed by atoms with E-state index in [4.69, 9.17) is 10.5 Å². The number of ether oxygens (including phenoxy) is 1. The summed E-state index contributed by atoms with van der Waals surface area (Å²) in [5.41, 5.74) is 7.29. The van der Waals surface area contributed by atoms with E-state index in [1.54, 1.807) is 6.07 Å². The van der Waals surface area contributed by atoms with Crippen LogP contribution in [-0.4, -0.2) is 33.9 Å². The summed E-state index contributed by atoms with van der Waals surface area (Å²) in [5.74, 6) is -0.431. The Morgan fingerprint density at radius 1 is 1.19 bits per heavy atom. The minimum Gasteiger partial charge on any atom is -0.444 e. The van der Waals surface area contributed by atoms with Gasteiger partial charge in [0.2, 0.25) is 5.91 Å². The van der Waals surface area contributed by atoms with Gasteiger partial charge in [0.05, 0.1) is 11.2 Å². The van der Waals surface area contributed by atoms with Gasteiger partial charge >= 0.3 is 6.09 Å². The number of amides is 2. The monoisotopic (exact) mass is 374 g/mol. The van der Waals surface area contributed by atoms with E-state index < -0.39 is 11.5 Å². The molecule has 0 saturated heterocycles. The van der Waals surface area contributed by atoms with Crippen LogP contribution in [0, 0.1) is 6.92 Å². The zero-order chi connectivity index (χ0) is 20.0. The first kappa shape index (κ1) is 20.7. The van der Waals surface area contributed by atoms with Gasteiger partial charge in [0, 0.05) is 24.0 Å². The third-order valence-electron chi connectivity index (χ3n) is 4.19. The van der Waals surface area contributed by atoms with Gasteiger partial charge < -0.3 is 15.8 Å². The molecule has 0 fully saturated rings. The number of nitrogens with two attached hydrogens (primary N) is 1. The minimum atomic E-state index is -0.469. The maximum absolute atomic E-state index is 11.6. The van der Waals surface area contributed by atoms with Crippen LogP contribution in [0.5, 0.6) is 0 Å². The SMILES string of the molecule is Cc1nn(CCCCCCNC(=O)OC(C)(C)C)c2cc(C(N)=O)ccc12. The maximum Gasteiger partial charge on any atom is 0.407 e. The number of rotatable bonds is 8. The van der Waals surface area contributed by atoms with Crippen molar-refractivity contribution in [1.29, 1.82) is 0 Å². The lowest BCUT2D eigenvalue weighted by molar-refractivity contribution is 0.0526. The first-order valence-electron chi connectivity index (χ1n) is 9.41. The Hall–Kier alpha value is -2.57. The van der Waals surface area contributed by atoms with Crippen LogP contribution in [-0.2, 0) is 11.3 Å². The van der Waals surface area contributed by atoms with Crippen LogP contribution >= 0.6 is 0 Å². The molecule has 0 aliphatic heterocycles. The lowest BCUT2D eigenvalue weighted by atomic mass is 10.1. The van der Waals surface area contributed by atoms with E-state index >= 15 is 0 Å². The van der Waals surface area contributed by atoms with E-state index in [2.05, 4.69) is 10.4 Å². The lowest BCUT2D eigenvalue weighted by Gasteiger charge is -2.19. The van der Waals surface area contributed by atoms with Crippen molar-refractivity contribution in [2.45, 2.75) is 65.5 Å². The Labute approximate surface area is 160 Å². The van der Waals surface area contributed by atoms with Crippen LogP contribution in [0.3, 0.4) is 0 Å². The first-order chi connectivity index (χ1) is 12.7. The van der Waals surface area contributed by atoms with Gasteiger partial charge in [-0.2, -0.15) is 5.10 Å². The number of unbranched alkanes of at least 4 members (excludes halogenated alkanes) is 3. The van der Waals surface area contributed by atoms with E-state index in [0.717, 1.165) is 48.8 Å². The number of hydrogen-bond acceptors (Lipinski definition) is 4. The van der Waals surface area contributed by atoms with Crippen LogP contribution in [0.15, 0.2) is 18.2 Å². The van der Waals surface area contributed by atoms with Gasteiger partial charge in [-0.25, -0.2) is 4.79 Å². The Bertz CT molecular complexity index is 805. The molecule has 2 rings (SSSR count). The highest BCUT2D eigenvalue weighted by Crippen LogP contribution is 2.20. The standard InChI is InChI=1S/C20H30N4O3/c1-14-16-10-9-15(18(21)25)13-17(16)24(23-14)12-8-6-5-7-11-22-19(26)27-20(2,3)4/h9-10,13H,5-8,11-12H2,1-4H3,(H2,21,25)(H,22,26). The summed E-state index contributed by atoms with van der Waals surface area (Å²) >= 11 is 0. The second kappa shape index (κ2) is 8.88. The molecular weight excluding hydrogens is 344 g/mol. The Morgan fingerprint density at radius 3 is 2.56 bits per heavy atom. The number of fused-ring (bicyclic) bond motifs is 1. The van der Waals surface area contributed by atoms with E-state index in [0.29, 0.717) is 12.1 Å². The molecule has 0 saturated carbocycles. The summed E-state index contributed by atoms with van der Waals surface area (Å²) in [6, 6.07) is 5.44. The third-order valence-corrected chi connectivity index (χ3v) is 4.19. The van der Waals surface area contributed by atoms with Crippen LogP contribution in [0.2, 0.25) is 0 Å². The average Bonchev–Trinajstić information content (AvgIpc) is 2.88. The van der Waals surface area contributed by atoms with Crippen molar-refractivity contribution in [3.63, 3.8) is 0 Å².